The van der Waals surface area contributed by atoms with Gasteiger partial charge in [-0.1, -0.05) is 256 Å². The van der Waals surface area contributed by atoms with Crippen molar-refractivity contribution in [1.29, 1.82) is 0 Å². The van der Waals surface area contributed by atoms with Gasteiger partial charge in [-0.25, -0.2) is 0 Å². The Morgan fingerprint density at radius 3 is 1.22 bits per heavy atom. The van der Waals surface area contributed by atoms with E-state index < -0.39 is 26.6 Å². The molecule has 3 unspecified atom stereocenters. The van der Waals surface area contributed by atoms with Crippen LogP contribution in [0.3, 0.4) is 0 Å². The number of unbranched alkanes of at least 4 members (excludes halogenated alkanes) is 34. The van der Waals surface area contributed by atoms with Gasteiger partial charge in [-0.3, -0.25) is 9.36 Å². The zero-order chi connectivity index (χ0) is 47.8. The normalized spacial score (nSPS) is 14.3. The van der Waals surface area contributed by atoms with Crippen LogP contribution in [0.15, 0.2) is 36.5 Å². The summed E-state index contributed by atoms with van der Waals surface area (Å²) < 4.78 is 23.2. The quantitative estimate of drug-likeness (QED) is 0.0272. The summed E-state index contributed by atoms with van der Waals surface area (Å²) in [5, 5.41) is 13.8. The van der Waals surface area contributed by atoms with E-state index in [1.807, 2.05) is 27.2 Å². The summed E-state index contributed by atoms with van der Waals surface area (Å²) in [6.07, 6.45) is 61.1. The van der Waals surface area contributed by atoms with Crippen molar-refractivity contribution in [3.63, 3.8) is 0 Å². The first-order valence-electron chi connectivity index (χ1n) is 27.9. The van der Waals surface area contributed by atoms with Gasteiger partial charge in [-0.05, 0) is 38.5 Å². The number of phosphoric acid groups is 1. The number of rotatable bonds is 51. The number of amides is 1. The van der Waals surface area contributed by atoms with E-state index in [0.29, 0.717) is 17.4 Å². The van der Waals surface area contributed by atoms with E-state index in [-0.39, 0.29) is 12.5 Å². The predicted octanol–water partition coefficient (Wildman–Crippen LogP) is 16.0. The number of hydrogen-bond donors (Lipinski definition) is 2. The Kier molecular flexibility index (Phi) is 46.8. The number of likely N-dealkylation sites (N-methyl/N-ethyl adjacent to an activating group) is 1. The molecule has 65 heavy (non-hydrogen) atoms. The smallest absolute Gasteiger partial charge is 0.268 e. The summed E-state index contributed by atoms with van der Waals surface area (Å²) >= 11 is 0. The van der Waals surface area contributed by atoms with E-state index in [9.17, 15) is 19.4 Å². The van der Waals surface area contributed by atoms with Crippen molar-refractivity contribution >= 4 is 13.7 Å². The van der Waals surface area contributed by atoms with Gasteiger partial charge in [0.1, 0.15) is 13.2 Å². The number of nitrogens with zero attached hydrogens (tertiary/aromatic N) is 1. The van der Waals surface area contributed by atoms with Crippen molar-refractivity contribution in [2.45, 2.75) is 276 Å². The van der Waals surface area contributed by atoms with Crippen molar-refractivity contribution in [2.24, 2.45) is 0 Å². The lowest BCUT2D eigenvalue weighted by Gasteiger charge is -2.29. The van der Waals surface area contributed by atoms with Gasteiger partial charge >= 0.3 is 0 Å². The van der Waals surface area contributed by atoms with Gasteiger partial charge in [-0.15, -0.1) is 0 Å². The first-order chi connectivity index (χ1) is 31.5. The minimum Gasteiger partial charge on any atom is -0.756 e. The van der Waals surface area contributed by atoms with Gasteiger partial charge in [0, 0.05) is 6.42 Å². The first-order valence-corrected chi connectivity index (χ1v) is 29.3. The molecule has 0 rings (SSSR count). The molecule has 0 aromatic rings. The molecular weight excluding hydrogens is 828 g/mol. The van der Waals surface area contributed by atoms with Crippen LogP contribution in [-0.4, -0.2) is 68.5 Å². The molecule has 3 atom stereocenters. The molecule has 0 aromatic carbocycles. The molecule has 0 spiro atoms. The molecule has 0 aliphatic heterocycles. The largest absolute Gasteiger partial charge is 0.756 e. The summed E-state index contributed by atoms with van der Waals surface area (Å²) in [6.45, 7) is 4.56. The van der Waals surface area contributed by atoms with Crippen molar-refractivity contribution in [1.82, 2.24) is 5.32 Å². The number of phosphoric ester groups is 1. The van der Waals surface area contributed by atoms with Crippen LogP contribution in [0.4, 0.5) is 0 Å². The van der Waals surface area contributed by atoms with Gasteiger partial charge < -0.3 is 28.8 Å². The minimum absolute atomic E-state index is 0.00792. The molecule has 8 nitrogen and oxygen atoms in total. The molecule has 1 amide bonds. The maximum atomic E-state index is 12.9. The zero-order valence-corrected chi connectivity index (χ0v) is 44.6. The van der Waals surface area contributed by atoms with Crippen molar-refractivity contribution in [3.05, 3.63) is 36.5 Å². The average molecular weight is 937 g/mol. The first kappa shape index (κ1) is 63.7. The van der Waals surface area contributed by atoms with E-state index in [1.54, 1.807) is 6.08 Å². The van der Waals surface area contributed by atoms with E-state index in [1.165, 1.54) is 193 Å². The highest BCUT2D eigenvalue weighted by Crippen LogP contribution is 2.38. The third-order valence-electron chi connectivity index (χ3n) is 12.6. The van der Waals surface area contributed by atoms with Gasteiger partial charge in [0.05, 0.1) is 39.9 Å². The molecule has 0 aromatic heterocycles. The van der Waals surface area contributed by atoms with Gasteiger partial charge in [0.15, 0.2) is 0 Å². The van der Waals surface area contributed by atoms with Crippen molar-refractivity contribution in [3.8, 4) is 0 Å². The number of aliphatic hydroxyl groups is 1. The van der Waals surface area contributed by atoms with Gasteiger partial charge in [0.25, 0.3) is 7.82 Å². The Labute approximate surface area is 404 Å². The summed E-state index contributed by atoms with van der Waals surface area (Å²) in [5.74, 6) is -0.209. The highest BCUT2D eigenvalue weighted by molar-refractivity contribution is 7.45. The Morgan fingerprint density at radius 2 is 0.862 bits per heavy atom. The number of nitrogens with one attached hydrogen (secondary N) is 1. The summed E-state index contributed by atoms with van der Waals surface area (Å²) in [6, 6.07) is -0.906. The lowest BCUT2D eigenvalue weighted by atomic mass is 10.0. The van der Waals surface area contributed by atoms with E-state index in [4.69, 9.17) is 9.05 Å². The van der Waals surface area contributed by atoms with Crippen LogP contribution < -0.4 is 10.2 Å². The third kappa shape index (κ3) is 50.4. The molecule has 9 heteroatoms. The number of allylic oxidation sites excluding steroid dienone is 5. The molecule has 0 saturated carbocycles. The molecule has 0 heterocycles. The SMILES string of the molecule is CCC/C=C/CC/C=C/CC/C=C/C(O)C(COP(=O)([O-])OCC[N+](C)(C)C)NC(=O)CCCCCCCCCCCCCCCCCCCCCCCCCCCCCCCCCC. The summed E-state index contributed by atoms with van der Waals surface area (Å²) in [7, 11) is 1.24. The maximum Gasteiger partial charge on any atom is 0.268 e. The fraction of sp³-hybridized carbons (Fsp3) is 0.875. The van der Waals surface area contributed by atoms with Crippen LogP contribution in [0.1, 0.15) is 264 Å². The fourth-order valence-corrected chi connectivity index (χ4v) is 8.92. The number of carbonyl (C=O) groups is 1. The molecule has 384 valence electrons. The second kappa shape index (κ2) is 47.8. The Balaban J connectivity index is 3.96. The third-order valence-corrected chi connectivity index (χ3v) is 13.5. The lowest BCUT2D eigenvalue weighted by molar-refractivity contribution is -0.870. The van der Waals surface area contributed by atoms with Crippen LogP contribution in [-0.2, 0) is 18.4 Å². The highest BCUT2D eigenvalue weighted by Gasteiger charge is 2.23. The fourth-order valence-electron chi connectivity index (χ4n) is 8.19. The lowest BCUT2D eigenvalue weighted by Crippen LogP contribution is -2.45. The number of hydrogen-bond acceptors (Lipinski definition) is 6. The Hall–Kier alpha value is -1.28. The molecule has 0 bridgehead atoms. The predicted molar refractivity (Wildman–Crippen MR) is 279 cm³/mol. The summed E-state index contributed by atoms with van der Waals surface area (Å²) in [4.78, 5) is 25.4. The summed E-state index contributed by atoms with van der Waals surface area (Å²) in [5.41, 5.74) is 0. The van der Waals surface area contributed by atoms with E-state index in [0.717, 1.165) is 51.4 Å². The zero-order valence-electron chi connectivity index (χ0n) is 43.7. The van der Waals surface area contributed by atoms with Crippen LogP contribution >= 0.6 is 7.82 Å². The van der Waals surface area contributed by atoms with Gasteiger partial charge in [-0.2, -0.15) is 0 Å². The van der Waals surface area contributed by atoms with Gasteiger partial charge in [0.2, 0.25) is 5.91 Å². The Bertz CT molecular complexity index is 1150. The van der Waals surface area contributed by atoms with E-state index >= 15 is 0 Å². The van der Waals surface area contributed by atoms with Crippen molar-refractivity contribution in [2.75, 3.05) is 40.9 Å². The topological polar surface area (TPSA) is 108 Å². The standard InChI is InChI=1S/C56H109N2O6P/c1-6-8-10-12-14-16-18-19-20-21-22-23-24-25-26-27-28-29-30-31-32-33-34-35-36-37-38-40-42-44-46-48-50-56(60)57-54(53-64-65(61,62)63-52-51-58(3,4)5)55(59)49-47-45-43-41-39-17-15-13-11-9-7-2/h11,13,39,41,47,49,54-55,59H,6-10,12,14-38,40,42-46,48,50-53H2,1-5H3,(H-,57,60,61,62)/b13-11+,41-39+,49-47+. The number of quaternary nitrogens is 1. The van der Waals surface area contributed by atoms with Crippen molar-refractivity contribution < 1.29 is 32.9 Å². The van der Waals surface area contributed by atoms with E-state index in [2.05, 4.69) is 43.5 Å². The maximum absolute atomic E-state index is 12.9. The highest BCUT2D eigenvalue weighted by atomic mass is 31.2. The molecule has 0 radical (unpaired) electrons. The molecule has 2 N–H and O–H groups in total. The van der Waals surface area contributed by atoms with Crippen LogP contribution in [0, 0.1) is 0 Å². The average Bonchev–Trinajstić information content (AvgIpc) is 3.26. The number of carbonyl (C=O) groups excluding carboxylic acids is 1. The number of aliphatic hydroxyl groups excluding tert-OH is 1. The minimum atomic E-state index is -4.60. The molecular formula is C56H109N2O6P. The second-order valence-corrected chi connectivity index (χ2v) is 21.7. The van der Waals surface area contributed by atoms with Crippen LogP contribution in [0.5, 0.6) is 0 Å². The van der Waals surface area contributed by atoms with Crippen LogP contribution in [0.25, 0.3) is 0 Å². The Morgan fingerprint density at radius 1 is 0.523 bits per heavy atom. The molecule has 0 saturated heterocycles. The molecule has 0 fully saturated rings. The monoisotopic (exact) mass is 937 g/mol. The molecule has 0 aliphatic rings. The molecule has 0 aliphatic carbocycles. The van der Waals surface area contributed by atoms with Crippen LogP contribution in [0.2, 0.25) is 0 Å². The second-order valence-electron chi connectivity index (χ2n) is 20.3.